The van der Waals surface area contributed by atoms with E-state index in [2.05, 4.69) is 28.4 Å². The molecule has 0 spiro atoms. The van der Waals surface area contributed by atoms with E-state index < -0.39 is 10.1 Å². The smallest absolute Gasteiger partial charge is 0.314 e. The van der Waals surface area contributed by atoms with E-state index in [1.807, 2.05) is 24.3 Å². The van der Waals surface area contributed by atoms with E-state index in [0.29, 0.717) is 15.5 Å². The molecule has 0 atom stereocenters. The van der Waals surface area contributed by atoms with Crippen LogP contribution in [0, 0.1) is 11.3 Å². The molecule has 0 N–H and O–H groups in total. The number of nitrogens with zero attached hydrogens (tertiary/aromatic N) is 2. The number of thioether (sulfide) groups is 1. The van der Waals surface area contributed by atoms with Crippen LogP contribution in [0.5, 0.6) is 0 Å². The minimum Gasteiger partial charge on any atom is -0.314 e. The molecule has 1 aliphatic rings. The van der Waals surface area contributed by atoms with Gasteiger partial charge in [-0.2, -0.15) is 13.7 Å². The van der Waals surface area contributed by atoms with Crippen LogP contribution in [0.15, 0.2) is 46.5 Å². The van der Waals surface area contributed by atoms with E-state index in [4.69, 9.17) is 4.18 Å². The fourth-order valence-corrected chi connectivity index (χ4v) is 3.05. The van der Waals surface area contributed by atoms with E-state index in [0.717, 1.165) is 29.1 Å². The molecule has 23 heavy (non-hydrogen) atoms. The Morgan fingerprint density at radius 1 is 1.39 bits per heavy atom. The van der Waals surface area contributed by atoms with E-state index >= 15 is 0 Å². The lowest BCUT2D eigenvalue weighted by molar-refractivity contribution is 0.345. The highest BCUT2D eigenvalue weighted by Crippen LogP contribution is 2.35. The number of thiol groups is 1. The lowest BCUT2D eigenvalue weighted by Crippen LogP contribution is -1.98. The van der Waals surface area contributed by atoms with Crippen LogP contribution in [0.4, 0.5) is 0 Å². The lowest BCUT2D eigenvalue weighted by Gasteiger charge is -2.08. The van der Waals surface area contributed by atoms with Gasteiger partial charge in [-0.05, 0) is 36.2 Å². The van der Waals surface area contributed by atoms with Gasteiger partial charge in [-0.1, -0.05) is 41.2 Å². The Balaban J connectivity index is 2.34. The van der Waals surface area contributed by atoms with E-state index in [-0.39, 0.29) is 6.61 Å². The number of hydrogen-bond acceptors (Lipinski definition) is 8. The van der Waals surface area contributed by atoms with Crippen molar-refractivity contribution in [1.29, 1.82) is 5.26 Å². The molecule has 0 saturated carbocycles. The van der Waals surface area contributed by atoms with Gasteiger partial charge >= 0.3 is 10.1 Å². The third-order valence-electron chi connectivity index (χ3n) is 2.72. The highest BCUT2D eigenvalue weighted by atomic mass is 32.2. The Labute approximate surface area is 144 Å². The third-order valence-corrected chi connectivity index (χ3v) is 4.17. The maximum atomic E-state index is 10.9. The molecule has 120 valence electrons. The molecule has 0 unspecified atom stereocenters. The zero-order valence-electron chi connectivity index (χ0n) is 12.0. The topological polar surface area (TPSA) is 88.8 Å². The van der Waals surface area contributed by atoms with Gasteiger partial charge in [0, 0.05) is 4.91 Å². The maximum Gasteiger partial charge on any atom is 0.325 e. The second-order valence-corrected chi connectivity index (χ2v) is 7.30. The molecule has 1 aliphatic heterocycles. The number of nitriles is 1. The van der Waals surface area contributed by atoms with E-state index in [1.165, 1.54) is 0 Å². The van der Waals surface area contributed by atoms with Crippen molar-refractivity contribution in [3.05, 3.63) is 52.4 Å². The quantitative estimate of drug-likeness (QED) is 0.372. The zero-order chi connectivity index (χ0) is 16.9. The first-order chi connectivity index (χ1) is 10.9. The Morgan fingerprint density at radius 2 is 2.13 bits per heavy atom. The number of allylic oxidation sites excluding steroid dienone is 2. The molecule has 0 bridgehead atoms. The molecular weight excluding hydrogens is 356 g/mol. The molecule has 0 aliphatic carbocycles. The van der Waals surface area contributed by atoms with Gasteiger partial charge < -0.3 is 4.18 Å². The van der Waals surface area contributed by atoms with Crippen molar-refractivity contribution in [2.75, 3.05) is 6.26 Å². The van der Waals surface area contributed by atoms with Gasteiger partial charge in [0.25, 0.3) is 0 Å². The zero-order valence-corrected chi connectivity index (χ0v) is 14.5. The monoisotopic (exact) mass is 368 g/mol. The Morgan fingerprint density at radius 3 is 2.78 bits per heavy atom. The second-order valence-electron chi connectivity index (χ2n) is 4.43. The molecule has 0 amide bonds. The minimum absolute atomic E-state index is 0.254. The van der Waals surface area contributed by atoms with Crippen molar-refractivity contribution < 1.29 is 16.9 Å². The molecule has 2 rings (SSSR count). The van der Waals surface area contributed by atoms with Crippen molar-refractivity contribution >= 4 is 45.4 Å². The summed E-state index contributed by atoms with van der Waals surface area (Å²) in [5.74, 6) is 0. The van der Waals surface area contributed by atoms with Gasteiger partial charge in [0.2, 0.25) is 0 Å². The molecule has 1 aromatic carbocycles. The summed E-state index contributed by atoms with van der Waals surface area (Å²) in [5, 5.41) is 13.4. The fourth-order valence-electron chi connectivity index (χ4n) is 1.82. The predicted octanol–water partition coefficient (Wildman–Crippen LogP) is 2.88. The molecule has 6 nitrogen and oxygen atoms in total. The molecule has 0 saturated heterocycles. The molecule has 1 aromatic rings. The molecule has 0 fully saturated rings. The SMILES string of the molecule is CS(=O)(=O)O/N=C1C=C/C(=C(\C#N)c2ccccc2COS)S\1. The maximum absolute atomic E-state index is 10.9. The highest BCUT2D eigenvalue weighted by Gasteiger charge is 2.18. The van der Waals surface area contributed by atoms with Crippen LogP contribution in [0.2, 0.25) is 0 Å². The van der Waals surface area contributed by atoms with E-state index in [1.54, 1.807) is 12.2 Å². The van der Waals surface area contributed by atoms with Crippen molar-refractivity contribution in [1.82, 2.24) is 0 Å². The Hall–Kier alpha value is -1.73. The van der Waals surface area contributed by atoms with Crippen LogP contribution >= 0.6 is 24.7 Å². The van der Waals surface area contributed by atoms with Crippen LogP contribution in [-0.2, 0) is 25.2 Å². The summed E-state index contributed by atoms with van der Waals surface area (Å²) in [4.78, 5) is 0.648. The molecule has 0 aromatic heterocycles. The summed E-state index contributed by atoms with van der Waals surface area (Å²) >= 11 is 4.90. The molecular formula is C14H12N2O4S3. The Kier molecular flexibility index (Phi) is 5.90. The van der Waals surface area contributed by atoms with Crippen LogP contribution in [0.1, 0.15) is 11.1 Å². The van der Waals surface area contributed by atoms with Crippen molar-refractivity contribution in [2.45, 2.75) is 6.61 Å². The lowest BCUT2D eigenvalue weighted by atomic mass is 10.0. The van der Waals surface area contributed by atoms with Crippen molar-refractivity contribution in [2.24, 2.45) is 5.16 Å². The number of oxime groups is 1. The van der Waals surface area contributed by atoms with Gasteiger partial charge in [-0.25, -0.2) is 0 Å². The number of benzene rings is 1. The average molecular weight is 368 g/mol. The van der Waals surface area contributed by atoms with Gasteiger partial charge in [0.05, 0.1) is 18.4 Å². The van der Waals surface area contributed by atoms with Gasteiger partial charge in [0.1, 0.15) is 11.1 Å². The first-order valence-electron chi connectivity index (χ1n) is 6.26. The number of hydrogen-bond donors (Lipinski definition) is 1. The fraction of sp³-hybridized carbons (Fsp3) is 0.143. The van der Waals surface area contributed by atoms with Crippen molar-refractivity contribution in [3.8, 4) is 6.07 Å². The first-order valence-corrected chi connectivity index (χ1v) is 9.26. The standard InChI is InChI=1S/C14H12N2O4S3/c1-23(17,18)20-16-14-7-6-13(22-14)12(8-15)11-5-3-2-4-10(11)9-19-21/h2-7,21H,9H2,1H3/b13-12-,16-14+. The van der Waals surface area contributed by atoms with E-state index in [9.17, 15) is 13.7 Å². The third kappa shape index (κ3) is 4.87. The van der Waals surface area contributed by atoms with Gasteiger partial charge in [-0.15, -0.1) is 0 Å². The van der Waals surface area contributed by atoms with Crippen LogP contribution in [-0.4, -0.2) is 19.7 Å². The van der Waals surface area contributed by atoms with Gasteiger partial charge in [-0.3, -0.25) is 4.28 Å². The van der Waals surface area contributed by atoms with Crippen LogP contribution in [0.3, 0.4) is 0 Å². The van der Waals surface area contributed by atoms with Gasteiger partial charge in [0.15, 0.2) is 0 Å². The average Bonchev–Trinajstić information content (AvgIpc) is 2.96. The number of rotatable bonds is 5. The summed E-state index contributed by atoms with van der Waals surface area (Å²) in [6.07, 6.45) is 4.18. The summed E-state index contributed by atoms with van der Waals surface area (Å²) < 4.78 is 31.1. The minimum atomic E-state index is -3.66. The summed E-state index contributed by atoms with van der Waals surface area (Å²) in [6, 6.07) is 9.48. The molecule has 1 heterocycles. The first kappa shape index (κ1) is 17.6. The summed E-state index contributed by atoms with van der Waals surface area (Å²) in [7, 11) is -3.66. The van der Waals surface area contributed by atoms with Crippen LogP contribution in [0.25, 0.3) is 5.57 Å². The largest absolute Gasteiger partial charge is 0.325 e. The summed E-state index contributed by atoms with van der Waals surface area (Å²) in [5.41, 5.74) is 1.98. The Bertz CT molecular complexity index is 836. The molecule has 9 heteroatoms. The predicted molar refractivity (Wildman–Crippen MR) is 92.8 cm³/mol. The van der Waals surface area contributed by atoms with Crippen molar-refractivity contribution in [3.63, 3.8) is 0 Å². The molecule has 0 radical (unpaired) electrons. The second kappa shape index (κ2) is 7.70. The normalized spacial score (nSPS) is 18.0. The highest BCUT2D eigenvalue weighted by molar-refractivity contribution is 8.18. The summed E-state index contributed by atoms with van der Waals surface area (Å²) in [6.45, 7) is 0.254. The van der Waals surface area contributed by atoms with Crippen LogP contribution < -0.4 is 0 Å².